The van der Waals surface area contributed by atoms with E-state index in [1.807, 2.05) is 7.05 Å². The first-order valence-corrected chi connectivity index (χ1v) is 9.56. The van der Waals surface area contributed by atoms with Crippen LogP contribution >= 0.6 is 0 Å². The van der Waals surface area contributed by atoms with Gasteiger partial charge in [-0.15, -0.1) is 0 Å². The van der Waals surface area contributed by atoms with Crippen LogP contribution in [0.2, 0.25) is 0 Å². The molecule has 4 nitrogen and oxygen atoms in total. The van der Waals surface area contributed by atoms with Crippen molar-refractivity contribution in [3.63, 3.8) is 0 Å². The zero-order valence-corrected chi connectivity index (χ0v) is 16.3. The van der Waals surface area contributed by atoms with Gasteiger partial charge in [-0.25, -0.2) is 4.79 Å². The number of nitrogens with zero attached hydrogens (tertiary/aromatic N) is 1. The summed E-state index contributed by atoms with van der Waals surface area (Å²) in [5, 5.41) is 3.01. The molecule has 0 bridgehead atoms. The van der Waals surface area contributed by atoms with Gasteiger partial charge in [0.15, 0.2) is 0 Å². The Morgan fingerprint density at radius 3 is 2.56 bits per heavy atom. The maximum Gasteiger partial charge on any atom is 0.317 e. The lowest BCUT2D eigenvalue weighted by Gasteiger charge is -2.25. The molecule has 0 aromatic heterocycles. The lowest BCUT2D eigenvalue weighted by molar-refractivity contribution is 0.00828. The number of hydrogen-bond donors (Lipinski definition) is 1. The number of amides is 2. The molecule has 0 radical (unpaired) electrons. The molecule has 2 rings (SSSR count). The van der Waals surface area contributed by atoms with E-state index in [-0.39, 0.29) is 11.4 Å². The number of nitrogens with one attached hydrogen (secondary N) is 1. The highest BCUT2D eigenvalue weighted by Crippen LogP contribution is 2.22. The normalized spacial score (nSPS) is 18.0. The molecule has 0 saturated carbocycles. The molecule has 1 heterocycles. The van der Waals surface area contributed by atoms with Crippen LogP contribution in [0.1, 0.15) is 57.6 Å². The second-order valence-corrected chi connectivity index (χ2v) is 8.13. The summed E-state index contributed by atoms with van der Waals surface area (Å²) in [6.07, 6.45) is 5.65. The van der Waals surface area contributed by atoms with Crippen LogP contribution in [0.25, 0.3) is 0 Å². The second kappa shape index (κ2) is 9.23. The molecule has 2 amide bonds. The van der Waals surface area contributed by atoms with Crippen LogP contribution in [0, 0.1) is 0 Å². The van der Waals surface area contributed by atoms with Crippen molar-refractivity contribution in [2.45, 2.75) is 64.4 Å². The van der Waals surface area contributed by atoms with Gasteiger partial charge in [-0.2, -0.15) is 0 Å². The summed E-state index contributed by atoms with van der Waals surface area (Å²) in [6.45, 7) is 8.94. The maximum absolute atomic E-state index is 12.2. The van der Waals surface area contributed by atoms with E-state index >= 15 is 0 Å². The highest BCUT2D eigenvalue weighted by molar-refractivity contribution is 5.73. The Morgan fingerprint density at radius 1 is 1.24 bits per heavy atom. The summed E-state index contributed by atoms with van der Waals surface area (Å²) in [7, 11) is 1.86. The lowest BCUT2D eigenvalue weighted by atomic mass is 9.86. The van der Waals surface area contributed by atoms with Crippen molar-refractivity contribution in [2.24, 2.45) is 0 Å². The summed E-state index contributed by atoms with van der Waals surface area (Å²) in [4.78, 5) is 13.9. The van der Waals surface area contributed by atoms with Crippen molar-refractivity contribution >= 4 is 6.03 Å². The van der Waals surface area contributed by atoms with E-state index in [0.717, 1.165) is 32.4 Å². The molecule has 1 N–H and O–H groups in total. The van der Waals surface area contributed by atoms with Crippen molar-refractivity contribution < 1.29 is 9.53 Å². The molecule has 1 aromatic rings. The molecular weight excluding hydrogens is 312 g/mol. The quantitative estimate of drug-likeness (QED) is 0.841. The minimum atomic E-state index is 0.00196. The Bertz CT molecular complexity index is 528. The smallest absolute Gasteiger partial charge is 0.317 e. The molecule has 1 aliphatic rings. The SMILES string of the molecule is CN(CCC1CCCCO1)C(=O)NCCc1ccc(C(C)(C)C)cc1. The third-order valence-corrected chi connectivity index (χ3v) is 4.92. The number of carbonyl (C=O) groups excluding carboxylic acids is 1. The van der Waals surface area contributed by atoms with Crippen LogP contribution in [-0.4, -0.2) is 43.8 Å². The topological polar surface area (TPSA) is 41.6 Å². The molecule has 140 valence electrons. The van der Waals surface area contributed by atoms with E-state index in [9.17, 15) is 4.79 Å². The van der Waals surface area contributed by atoms with Crippen molar-refractivity contribution in [2.75, 3.05) is 26.7 Å². The van der Waals surface area contributed by atoms with Gasteiger partial charge in [-0.1, -0.05) is 45.0 Å². The number of urea groups is 1. The molecule has 0 aliphatic carbocycles. The zero-order chi connectivity index (χ0) is 18.3. The average molecular weight is 347 g/mol. The Kier molecular flexibility index (Phi) is 7.30. The lowest BCUT2D eigenvalue weighted by Crippen LogP contribution is -2.39. The molecule has 1 aliphatic heterocycles. The molecule has 4 heteroatoms. The van der Waals surface area contributed by atoms with Crippen molar-refractivity contribution in [3.8, 4) is 0 Å². The van der Waals surface area contributed by atoms with E-state index < -0.39 is 0 Å². The Labute approximate surface area is 152 Å². The third kappa shape index (κ3) is 6.69. The van der Waals surface area contributed by atoms with Gasteiger partial charge >= 0.3 is 6.03 Å². The van der Waals surface area contributed by atoms with Crippen molar-refractivity contribution in [3.05, 3.63) is 35.4 Å². The minimum absolute atomic E-state index is 0.00196. The average Bonchev–Trinajstić information content (AvgIpc) is 2.60. The van der Waals surface area contributed by atoms with Gasteiger partial charge in [-0.05, 0) is 48.6 Å². The van der Waals surface area contributed by atoms with Gasteiger partial charge in [0, 0.05) is 26.7 Å². The van der Waals surface area contributed by atoms with E-state index in [0.29, 0.717) is 12.6 Å². The summed E-state index contributed by atoms with van der Waals surface area (Å²) in [5.74, 6) is 0. The highest BCUT2D eigenvalue weighted by atomic mass is 16.5. The van der Waals surface area contributed by atoms with E-state index in [1.54, 1.807) is 4.90 Å². The molecule has 1 atom stereocenters. The fourth-order valence-electron chi connectivity index (χ4n) is 3.09. The summed E-state index contributed by atoms with van der Waals surface area (Å²) in [5.41, 5.74) is 2.77. The number of benzene rings is 1. The molecule has 1 fully saturated rings. The van der Waals surface area contributed by atoms with Gasteiger partial charge in [0.25, 0.3) is 0 Å². The van der Waals surface area contributed by atoms with Gasteiger partial charge in [0.05, 0.1) is 6.10 Å². The second-order valence-electron chi connectivity index (χ2n) is 8.13. The fraction of sp³-hybridized carbons (Fsp3) is 0.667. The minimum Gasteiger partial charge on any atom is -0.378 e. The number of ether oxygens (including phenoxy) is 1. The summed E-state index contributed by atoms with van der Waals surface area (Å²) < 4.78 is 5.72. The van der Waals surface area contributed by atoms with Crippen LogP contribution in [0.4, 0.5) is 4.79 Å². The molecule has 0 spiro atoms. The molecule has 1 unspecified atom stereocenters. The van der Waals surface area contributed by atoms with E-state index in [2.05, 4.69) is 50.4 Å². The maximum atomic E-state index is 12.2. The third-order valence-electron chi connectivity index (χ3n) is 4.92. The summed E-state index contributed by atoms with van der Waals surface area (Å²) in [6, 6.07) is 8.70. The van der Waals surface area contributed by atoms with Crippen LogP contribution in [-0.2, 0) is 16.6 Å². The first kappa shape index (κ1) is 19.8. The zero-order valence-electron chi connectivity index (χ0n) is 16.3. The number of hydrogen-bond acceptors (Lipinski definition) is 2. The van der Waals surface area contributed by atoms with Crippen molar-refractivity contribution in [1.29, 1.82) is 0 Å². The molecule has 1 aromatic carbocycles. The molecular formula is C21H34N2O2. The van der Waals surface area contributed by atoms with Crippen LogP contribution < -0.4 is 5.32 Å². The Hall–Kier alpha value is -1.55. The van der Waals surface area contributed by atoms with E-state index in [1.165, 1.54) is 24.0 Å². The molecule has 25 heavy (non-hydrogen) atoms. The van der Waals surface area contributed by atoms with Gasteiger partial charge in [0.2, 0.25) is 0 Å². The first-order chi connectivity index (χ1) is 11.9. The highest BCUT2D eigenvalue weighted by Gasteiger charge is 2.16. The largest absolute Gasteiger partial charge is 0.378 e. The number of rotatable bonds is 6. The standard InChI is InChI=1S/C21H34N2O2/c1-21(2,3)18-10-8-17(9-11-18)12-14-22-20(24)23(4)15-13-19-7-5-6-16-25-19/h8-11,19H,5-7,12-16H2,1-4H3,(H,22,24). The van der Waals surface area contributed by atoms with Crippen LogP contribution in [0.3, 0.4) is 0 Å². The fourth-order valence-corrected chi connectivity index (χ4v) is 3.09. The monoisotopic (exact) mass is 346 g/mol. The van der Waals surface area contributed by atoms with E-state index in [4.69, 9.17) is 4.74 Å². The van der Waals surface area contributed by atoms with Gasteiger partial charge < -0.3 is 15.0 Å². The van der Waals surface area contributed by atoms with Gasteiger partial charge in [-0.3, -0.25) is 0 Å². The first-order valence-electron chi connectivity index (χ1n) is 9.56. The van der Waals surface area contributed by atoms with Gasteiger partial charge in [0.1, 0.15) is 0 Å². The number of carbonyl (C=O) groups is 1. The predicted molar refractivity (Wildman–Crippen MR) is 103 cm³/mol. The molecule has 1 saturated heterocycles. The van der Waals surface area contributed by atoms with Crippen LogP contribution in [0.15, 0.2) is 24.3 Å². The Morgan fingerprint density at radius 2 is 1.96 bits per heavy atom. The van der Waals surface area contributed by atoms with Crippen molar-refractivity contribution in [1.82, 2.24) is 10.2 Å². The van der Waals surface area contributed by atoms with Crippen LogP contribution in [0.5, 0.6) is 0 Å². The predicted octanol–water partition coefficient (Wildman–Crippen LogP) is 4.13. The Balaban J connectivity index is 1.67. The summed E-state index contributed by atoms with van der Waals surface area (Å²) >= 11 is 0.